The monoisotopic (exact) mass is 716 g/mol. The van der Waals surface area contributed by atoms with Crippen molar-refractivity contribution in [1.82, 2.24) is 0 Å². The number of benzene rings is 9. The summed E-state index contributed by atoms with van der Waals surface area (Å²) < 4.78 is 2.93. The van der Waals surface area contributed by atoms with Crippen LogP contribution in [0, 0.1) is 0 Å². The van der Waals surface area contributed by atoms with Crippen molar-refractivity contribution >= 4 is 76.9 Å². The zero-order chi connectivity index (χ0) is 34.3. The van der Waals surface area contributed by atoms with E-state index in [1.54, 1.807) is 0 Å². The summed E-state index contributed by atoms with van der Waals surface area (Å²) in [7, 11) is 0. The van der Waals surface area contributed by atoms with E-state index in [1.165, 1.54) is 101 Å². The van der Waals surface area contributed by atoms with Crippen LogP contribution in [0.2, 0.25) is 0 Å². The third-order valence-corrected chi connectivity index (χ3v) is 13.1. The van der Waals surface area contributed by atoms with Gasteiger partial charge in [-0.25, -0.2) is 0 Å². The van der Waals surface area contributed by atoms with E-state index in [9.17, 15) is 0 Å². The van der Waals surface area contributed by atoms with Crippen LogP contribution in [0.15, 0.2) is 164 Å². The molecule has 0 aliphatic carbocycles. The van der Waals surface area contributed by atoms with Crippen LogP contribution in [-0.4, -0.2) is 14.5 Å². The second kappa shape index (κ2) is 11.5. The van der Waals surface area contributed by atoms with Gasteiger partial charge in [-0.05, 0) is 0 Å². The fraction of sp³-hybridized carbons (Fsp3) is 0.0800. The van der Waals surface area contributed by atoms with Gasteiger partial charge in [0, 0.05) is 0 Å². The maximum atomic E-state index is 2.49. The summed E-state index contributed by atoms with van der Waals surface area (Å²) >= 11 is 0.231. The van der Waals surface area contributed by atoms with E-state index in [-0.39, 0.29) is 19.9 Å². The van der Waals surface area contributed by atoms with Crippen molar-refractivity contribution in [3.63, 3.8) is 0 Å². The molecule has 0 amide bonds. The molecule has 0 atom stereocenters. The second-order valence-corrected chi connectivity index (χ2v) is 17.1. The van der Waals surface area contributed by atoms with Crippen molar-refractivity contribution in [1.29, 1.82) is 0 Å². The van der Waals surface area contributed by atoms with Gasteiger partial charge in [-0.1, -0.05) is 0 Å². The molecule has 9 aromatic carbocycles. The van der Waals surface area contributed by atoms with Crippen LogP contribution < -0.4 is 0 Å². The quantitative estimate of drug-likeness (QED) is 0.126. The number of hydrogen-bond donors (Lipinski definition) is 0. The van der Waals surface area contributed by atoms with E-state index < -0.39 is 0 Å². The van der Waals surface area contributed by atoms with Gasteiger partial charge in [0.1, 0.15) is 0 Å². The third kappa shape index (κ3) is 4.73. The second-order valence-electron chi connectivity index (χ2n) is 14.8. The van der Waals surface area contributed by atoms with Crippen LogP contribution in [0.5, 0.6) is 0 Å². The number of hydrogen-bond acceptors (Lipinski definition) is 0. The molecule has 0 saturated carbocycles. The van der Waals surface area contributed by atoms with Crippen LogP contribution >= 0.6 is 0 Å². The minimum absolute atomic E-state index is 0.0212. The fourth-order valence-electron chi connectivity index (χ4n) is 8.69. The molecule has 0 aliphatic rings. The molecule has 1 aromatic heterocycles. The van der Waals surface area contributed by atoms with Gasteiger partial charge >= 0.3 is 306 Å². The molecule has 10 rings (SSSR count). The molecule has 0 saturated heterocycles. The summed E-state index contributed by atoms with van der Waals surface area (Å²) in [5.74, 6) is 0. The summed E-state index contributed by atoms with van der Waals surface area (Å²) in [6, 6.07) is 61.4. The Labute approximate surface area is 304 Å². The standard InChI is InChI=1S/C50H36Se/c1-50(2,3)49-41-23-13-11-21-39(41)47(40-22-12-14-24-42(40)49)32-26-28-44-43(29-32)34-27-25-33(30-45(34)51-44)48-37-19-9-7-17-35(37)46(31-15-5-4-6-16-31)36-18-8-10-20-38(36)48/h4-30H,1-3H3. The topological polar surface area (TPSA) is 0 Å². The molecule has 0 unspecified atom stereocenters. The first-order chi connectivity index (χ1) is 25.0. The van der Waals surface area contributed by atoms with Gasteiger partial charge in [0.25, 0.3) is 0 Å². The van der Waals surface area contributed by atoms with Gasteiger partial charge in [0.05, 0.1) is 0 Å². The molecule has 0 bridgehead atoms. The van der Waals surface area contributed by atoms with Crippen molar-refractivity contribution in [3.05, 3.63) is 169 Å². The molecule has 0 spiro atoms. The van der Waals surface area contributed by atoms with E-state index in [0.29, 0.717) is 0 Å². The normalized spacial score (nSPS) is 12.2. The van der Waals surface area contributed by atoms with Gasteiger partial charge < -0.3 is 0 Å². The van der Waals surface area contributed by atoms with Crippen molar-refractivity contribution in [2.45, 2.75) is 26.2 Å². The molecular weight excluding hydrogens is 680 g/mol. The van der Waals surface area contributed by atoms with Crippen LogP contribution in [0.25, 0.3) is 95.8 Å². The first-order valence-corrected chi connectivity index (χ1v) is 19.6. The van der Waals surface area contributed by atoms with Crippen LogP contribution in [0.3, 0.4) is 0 Å². The Balaban J connectivity index is 1.20. The zero-order valence-corrected chi connectivity index (χ0v) is 30.7. The summed E-state index contributed by atoms with van der Waals surface area (Å²) in [5.41, 5.74) is 9.27. The molecule has 1 heterocycles. The van der Waals surface area contributed by atoms with Gasteiger partial charge in [-0.2, -0.15) is 0 Å². The molecular formula is C50H36Se. The maximum absolute atomic E-state index is 2.49. The molecule has 0 fully saturated rings. The van der Waals surface area contributed by atoms with E-state index in [4.69, 9.17) is 0 Å². The van der Waals surface area contributed by atoms with E-state index in [0.717, 1.165) is 0 Å². The molecule has 1 heteroatoms. The van der Waals surface area contributed by atoms with Crippen LogP contribution in [0.4, 0.5) is 0 Å². The minimum atomic E-state index is 0.0212. The predicted molar refractivity (Wildman–Crippen MR) is 223 cm³/mol. The van der Waals surface area contributed by atoms with Crippen molar-refractivity contribution < 1.29 is 0 Å². The van der Waals surface area contributed by atoms with E-state index in [1.807, 2.05) is 0 Å². The Hall–Kier alpha value is -5.46. The first kappa shape index (κ1) is 30.4. The van der Waals surface area contributed by atoms with E-state index >= 15 is 0 Å². The summed E-state index contributed by atoms with van der Waals surface area (Å²) in [5, 5.41) is 13.3. The predicted octanol–water partition coefficient (Wildman–Crippen LogP) is 14.0. The summed E-state index contributed by atoms with van der Waals surface area (Å²) in [6.45, 7) is 7.02. The Morgan fingerprint density at radius 1 is 0.314 bits per heavy atom. The molecule has 242 valence electrons. The molecule has 0 aliphatic heterocycles. The SMILES string of the molecule is CC(C)(C)c1c2ccccc2c(-c2ccc3[se]c4cc(-c5c6ccccc6c(-c6ccccc6)c6ccccc56)ccc4c3c2)c2ccccc12. The van der Waals surface area contributed by atoms with E-state index in [2.05, 4.69) is 185 Å². The van der Waals surface area contributed by atoms with Gasteiger partial charge in [0.15, 0.2) is 0 Å². The zero-order valence-electron chi connectivity index (χ0n) is 29.0. The van der Waals surface area contributed by atoms with Gasteiger partial charge in [0.2, 0.25) is 0 Å². The average molecular weight is 716 g/mol. The number of fused-ring (bicyclic) bond motifs is 7. The Bertz CT molecular complexity index is 2880. The molecule has 51 heavy (non-hydrogen) atoms. The molecule has 0 radical (unpaired) electrons. The molecule has 0 N–H and O–H groups in total. The average Bonchev–Trinajstić information content (AvgIpc) is 3.52. The Morgan fingerprint density at radius 3 is 1.24 bits per heavy atom. The number of rotatable bonds is 3. The molecule has 0 nitrogen and oxygen atoms in total. The Kier molecular flexibility index (Phi) is 6.87. The Morgan fingerprint density at radius 2 is 0.725 bits per heavy atom. The van der Waals surface area contributed by atoms with Gasteiger partial charge in [-0.3, -0.25) is 0 Å². The van der Waals surface area contributed by atoms with Crippen LogP contribution in [-0.2, 0) is 5.41 Å². The fourth-order valence-corrected chi connectivity index (χ4v) is 11.1. The molecule has 10 aromatic rings. The van der Waals surface area contributed by atoms with Crippen LogP contribution in [0.1, 0.15) is 26.3 Å². The van der Waals surface area contributed by atoms with Crippen molar-refractivity contribution in [2.75, 3.05) is 0 Å². The first-order valence-electron chi connectivity index (χ1n) is 17.9. The van der Waals surface area contributed by atoms with Gasteiger partial charge in [-0.15, -0.1) is 0 Å². The third-order valence-electron chi connectivity index (χ3n) is 10.7. The summed E-state index contributed by atoms with van der Waals surface area (Å²) in [6.07, 6.45) is 0. The summed E-state index contributed by atoms with van der Waals surface area (Å²) in [4.78, 5) is 0. The van der Waals surface area contributed by atoms with Crippen molar-refractivity contribution in [3.8, 4) is 33.4 Å². The van der Waals surface area contributed by atoms with Crippen molar-refractivity contribution in [2.24, 2.45) is 0 Å².